The molecule has 0 aliphatic carbocycles. The van der Waals surface area contributed by atoms with Crippen LogP contribution in [0.5, 0.6) is 0 Å². The Morgan fingerprint density at radius 1 is 1.11 bits per heavy atom. The van der Waals surface area contributed by atoms with Crippen LogP contribution in [0.25, 0.3) is 17.4 Å². The molecule has 0 bridgehead atoms. The van der Waals surface area contributed by atoms with Crippen molar-refractivity contribution in [2.75, 3.05) is 0 Å². The van der Waals surface area contributed by atoms with Gasteiger partial charge in [0.15, 0.2) is 0 Å². The summed E-state index contributed by atoms with van der Waals surface area (Å²) in [6.45, 7) is 1.98. The van der Waals surface area contributed by atoms with Crippen molar-refractivity contribution in [2.45, 2.75) is 13.0 Å². The Bertz CT molecular complexity index is 1070. The quantitative estimate of drug-likeness (QED) is 0.350. The molecule has 140 valence electrons. The van der Waals surface area contributed by atoms with Gasteiger partial charge in [0.25, 0.3) is 5.91 Å². The second-order valence-corrected chi connectivity index (χ2v) is 8.46. The molecule has 1 unspecified atom stereocenters. The molecule has 0 N–H and O–H groups in total. The highest BCUT2D eigenvalue weighted by Gasteiger charge is 2.36. The first-order chi connectivity index (χ1) is 13.5. The van der Waals surface area contributed by atoms with Gasteiger partial charge >= 0.3 is 0 Å². The fraction of sp³-hybridized carbons (Fsp3) is 0.0909. The van der Waals surface area contributed by atoms with Gasteiger partial charge in [0.05, 0.1) is 10.9 Å². The van der Waals surface area contributed by atoms with Crippen LogP contribution in [0.1, 0.15) is 24.3 Å². The molecule has 1 saturated heterocycles. The summed E-state index contributed by atoms with van der Waals surface area (Å²) in [5, 5.41) is 0.645. The molecule has 2 aromatic carbocycles. The topological polar surface area (TPSA) is 33.5 Å². The normalized spacial score (nSPS) is 16.8. The smallest absolute Gasteiger partial charge is 0.266 e. The largest absolute Gasteiger partial charge is 0.457 e. The molecule has 28 heavy (non-hydrogen) atoms. The summed E-state index contributed by atoms with van der Waals surface area (Å²) >= 11 is 12.8. The summed E-state index contributed by atoms with van der Waals surface area (Å²) in [6, 6.07) is 20.9. The maximum Gasteiger partial charge on any atom is 0.266 e. The minimum absolute atomic E-state index is 0.105. The number of thiocarbonyl (C=S) groups is 1. The SMILES string of the molecule is CC(c1ccccc1)N1C(=O)C(=Cc2ccc(-c3cccc(Cl)c3)o2)SC1=S. The number of nitrogens with zero attached hydrogens (tertiary/aromatic N) is 1. The summed E-state index contributed by atoms with van der Waals surface area (Å²) in [6.07, 6.45) is 1.74. The van der Waals surface area contributed by atoms with Crippen LogP contribution in [0.15, 0.2) is 76.1 Å². The molecule has 1 atom stereocenters. The molecule has 3 nitrogen and oxygen atoms in total. The van der Waals surface area contributed by atoms with E-state index in [1.54, 1.807) is 11.0 Å². The maximum absolute atomic E-state index is 12.9. The monoisotopic (exact) mass is 425 g/mol. The summed E-state index contributed by atoms with van der Waals surface area (Å²) in [7, 11) is 0. The van der Waals surface area contributed by atoms with E-state index in [1.807, 2.05) is 73.7 Å². The van der Waals surface area contributed by atoms with Gasteiger partial charge in [0.2, 0.25) is 0 Å². The third-order valence-electron chi connectivity index (χ3n) is 4.50. The molecule has 0 spiro atoms. The minimum atomic E-state index is -0.127. The average Bonchev–Trinajstić information content (AvgIpc) is 3.27. The highest BCUT2D eigenvalue weighted by molar-refractivity contribution is 8.26. The van der Waals surface area contributed by atoms with E-state index in [9.17, 15) is 4.79 Å². The van der Waals surface area contributed by atoms with Gasteiger partial charge in [-0.2, -0.15) is 0 Å². The van der Waals surface area contributed by atoms with Crippen molar-refractivity contribution in [2.24, 2.45) is 0 Å². The van der Waals surface area contributed by atoms with E-state index in [0.717, 1.165) is 11.1 Å². The van der Waals surface area contributed by atoms with E-state index in [2.05, 4.69) is 0 Å². The number of halogens is 1. The lowest BCUT2D eigenvalue weighted by molar-refractivity contribution is -0.123. The predicted octanol–water partition coefficient (Wildman–Crippen LogP) is 6.56. The van der Waals surface area contributed by atoms with Gasteiger partial charge in [-0.05, 0) is 36.8 Å². The van der Waals surface area contributed by atoms with Crippen molar-refractivity contribution in [3.63, 3.8) is 0 Å². The van der Waals surface area contributed by atoms with Gasteiger partial charge < -0.3 is 4.42 Å². The van der Waals surface area contributed by atoms with E-state index in [-0.39, 0.29) is 11.9 Å². The van der Waals surface area contributed by atoms with Crippen molar-refractivity contribution in [3.8, 4) is 11.3 Å². The van der Waals surface area contributed by atoms with Crippen LogP contribution in [0.4, 0.5) is 0 Å². The van der Waals surface area contributed by atoms with Gasteiger partial charge in [-0.3, -0.25) is 9.69 Å². The Labute approximate surface area is 178 Å². The van der Waals surface area contributed by atoms with E-state index in [4.69, 9.17) is 28.2 Å². The first-order valence-electron chi connectivity index (χ1n) is 8.71. The molecular weight excluding hydrogens is 410 g/mol. The van der Waals surface area contributed by atoms with E-state index in [1.165, 1.54) is 11.8 Å². The summed E-state index contributed by atoms with van der Waals surface area (Å²) < 4.78 is 6.44. The highest BCUT2D eigenvalue weighted by atomic mass is 35.5. The third kappa shape index (κ3) is 3.78. The van der Waals surface area contributed by atoms with Crippen LogP contribution in [0.3, 0.4) is 0 Å². The third-order valence-corrected chi connectivity index (χ3v) is 6.07. The molecular formula is C22H16ClNO2S2. The lowest BCUT2D eigenvalue weighted by Gasteiger charge is -2.23. The second kappa shape index (κ2) is 7.95. The Balaban J connectivity index is 1.58. The number of amides is 1. The minimum Gasteiger partial charge on any atom is -0.457 e. The zero-order chi connectivity index (χ0) is 19.7. The van der Waals surface area contributed by atoms with Crippen LogP contribution in [-0.2, 0) is 4.79 Å². The molecule has 1 aliphatic rings. The number of hydrogen-bond acceptors (Lipinski definition) is 4. The molecule has 0 radical (unpaired) electrons. The number of rotatable bonds is 4. The number of furan rings is 1. The van der Waals surface area contributed by atoms with Gasteiger partial charge in [-0.15, -0.1) is 0 Å². The lowest BCUT2D eigenvalue weighted by Crippen LogP contribution is -2.30. The predicted molar refractivity (Wildman–Crippen MR) is 119 cm³/mol. The number of carbonyl (C=O) groups excluding carboxylic acids is 1. The Morgan fingerprint density at radius 3 is 2.64 bits per heavy atom. The van der Waals surface area contributed by atoms with Gasteiger partial charge in [-0.25, -0.2) is 0 Å². The van der Waals surface area contributed by atoms with Crippen LogP contribution >= 0.6 is 35.6 Å². The first kappa shape index (κ1) is 19.0. The Hall–Kier alpha value is -2.34. The second-order valence-electron chi connectivity index (χ2n) is 6.35. The standard InChI is InChI=1S/C22H16ClNO2S2/c1-14(15-6-3-2-4-7-15)24-21(25)20(28-22(24)27)13-18-10-11-19(26-18)16-8-5-9-17(23)12-16/h2-14H,1H3. The zero-order valence-electron chi connectivity index (χ0n) is 15.0. The fourth-order valence-electron chi connectivity index (χ4n) is 3.05. The lowest BCUT2D eigenvalue weighted by atomic mass is 10.1. The maximum atomic E-state index is 12.9. The number of benzene rings is 2. The molecule has 1 aliphatic heterocycles. The van der Waals surface area contributed by atoms with E-state index in [0.29, 0.717) is 25.8 Å². The fourth-order valence-corrected chi connectivity index (χ4v) is 4.64. The molecule has 1 aromatic heterocycles. The Morgan fingerprint density at radius 2 is 1.89 bits per heavy atom. The Kier molecular flexibility index (Phi) is 5.40. The number of thioether (sulfide) groups is 1. The van der Waals surface area contributed by atoms with Crippen LogP contribution in [0.2, 0.25) is 5.02 Å². The molecule has 2 heterocycles. The number of carbonyl (C=O) groups is 1. The number of hydrogen-bond donors (Lipinski definition) is 0. The molecule has 4 rings (SSSR count). The molecule has 0 saturated carbocycles. The van der Waals surface area contributed by atoms with Crippen molar-refractivity contribution in [3.05, 3.63) is 88.0 Å². The van der Waals surface area contributed by atoms with Gasteiger partial charge in [0.1, 0.15) is 15.8 Å². The summed E-state index contributed by atoms with van der Waals surface area (Å²) in [5.74, 6) is 1.19. The zero-order valence-corrected chi connectivity index (χ0v) is 17.4. The van der Waals surface area contributed by atoms with Crippen molar-refractivity contribution in [1.29, 1.82) is 0 Å². The van der Waals surface area contributed by atoms with Crippen molar-refractivity contribution in [1.82, 2.24) is 4.90 Å². The highest BCUT2D eigenvalue weighted by Crippen LogP contribution is 2.38. The van der Waals surface area contributed by atoms with E-state index < -0.39 is 0 Å². The molecule has 3 aromatic rings. The van der Waals surface area contributed by atoms with Crippen molar-refractivity contribution >= 4 is 51.9 Å². The average molecular weight is 426 g/mol. The van der Waals surface area contributed by atoms with Gasteiger partial charge in [-0.1, -0.05) is 78.0 Å². The van der Waals surface area contributed by atoms with Gasteiger partial charge in [0, 0.05) is 16.7 Å². The van der Waals surface area contributed by atoms with Crippen LogP contribution in [-0.4, -0.2) is 15.1 Å². The van der Waals surface area contributed by atoms with Crippen LogP contribution in [0, 0.1) is 0 Å². The molecule has 6 heteroatoms. The first-order valence-corrected chi connectivity index (χ1v) is 10.3. The van der Waals surface area contributed by atoms with E-state index >= 15 is 0 Å². The van der Waals surface area contributed by atoms with Crippen LogP contribution < -0.4 is 0 Å². The summed E-state index contributed by atoms with van der Waals surface area (Å²) in [4.78, 5) is 15.2. The molecule has 1 amide bonds. The van der Waals surface area contributed by atoms with Crippen molar-refractivity contribution < 1.29 is 9.21 Å². The molecule has 1 fully saturated rings. The summed E-state index contributed by atoms with van der Waals surface area (Å²) in [5.41, 5.74) is 1.93.